The molecular formula is C11H15N3. The molecule has 74 valence electrons. The number of rotatable bonds is 3. The molecule has 3 nitrogen and oxygen atoms in total. The molecule has 0 spiro atoms. The quantitative estimate of drug-likeness (QED) is 0.760. The van der Waals surface area contributed by atoms with Crippen LogP contribution in [0.5, 0.6) is 0 Å². The number of nitrogens with two attached hydrogens (primary N) is 1. The predicted octanol–water partition coefficient (Wildman–Crippen LogP) is 1.71. The van der Waals surface area contributed by atoms with Crippen molar-refractivity contribution in [2.45, 2.75) is 19.4 Å². The molecule has 0 aliphatic heterocycles. The number of nitrogens with one attached hydrogen (secondary N) is 1. The summed E-state index contributed by atoms with van der Waals surface area (Å²) in [7, 11) is 0. The summed E-state index contributed by atoms with van der Waals surface area (Å²) < 4.78 is 0. The van der Waals surface area contributed by atoms with Gasteiger partial charge in [-0.25, -0.2) is 0 Å². The van der Waals surface area contributed by atoms with Crippen LogP contribution in [0.1, 0.15) is 19.4 Å². The van der Waals surface area contributed by atoms with Gasteiger partial charge >= 0.3 is 0 Å². The van der Waals surface area contributed by atoms with Gasteiger partial charge in [-0.3, -0.25) is 0 Å². The summed E-state index contributed by atoms with van der Waals surface area (Å²) in [6, 6.07) is 9.48. The van der Waals surface area contributed by atoms with Crippen LogP contribution in [-0.4, -0.2) is 12.1 Å². The summed E-state index contributed by atoms with van der Waals surface area (Å²) in [6.07, 6.45) is 0. The molecule has 0 amide bonds. The highest BCUT2D eigenvalue weighted by Crippen LogP contribution is 2.15. The highest BCUT2D eigenvalue weighted by Gasteiger charge is 2.14. The van der Waals surface area contributed by atoms with Crippen molar-refractivity contribution in [3.8, 4) is 6.07 Å². The van der Waals surface area contributed by atoms with Gasteiger partial charge in [0.1, 0.15) is 0 Å². The second-order valence-corrected chi connectivity index (χ2v) is 3.91. The molecule has 1 aromatic carbocycles. The molecule has 0 aliphatic carbocycles. The van der Waals surface area contributed by atoms with E-state index in [4.69, 9.17) is 11.0 Å². The lowest BCUT2D eigenvalue weighted by molar-refractivity contribution is 0.580. The minimum absolute atomic E-state index is 0.145. The normalized spacial score (nSPS) is 10.7. The number of benzene rings is 1. The molecule has 0 bridgehead atoms. The smallest absolute Gasteiger partial charge is 0.0992 e. The molecule has 0 saturated heterocycles. The van der Waals surface area contributed by atoms with E-state index in [1.165, 1.54) is 0 Å². The van der Waals surface area contributed by atoms with Crippen molar-refractivity contribution in [2.24, 2.45) is 5.73 Å². The fourth-order valence-electron chi connectivity index (χ4n) is 1.11. The van der Waals surface area contributed by atoms with Gasteiger partial charge in [0.15, 0.2) is 0 Å². The van der Waals surface area contributed by atoms with Crippen molar-refractivity contribution in [2.75, 3.05) is 11.9 Å². The van der Waals surface area contributed by atoms with Gasteiger partial charge in [-0.15, -0.1) is 0 Å². The van der Waals surface area contributed by atoms with Crippen LogP contribution in [0.2, 0.25) is 0 Å². The maximum absolute atomic E-state index is 8.72. The first-order valence-corrected chi connectivity index (χ1v) is 4.56. The first kappa shape index (κ1) is 10.6. The van der Waals surface area contributed by atoms with E-state index in [1.54, 1.807) is 6.07 Å². The number of hydrogen-bond donors (Lipinski definition) is 2. The van der Waals surface area contributed by atoms with Gasteiger partial charge in [0.25, 0.3) is 0 Å². The molecule has 1 rings (SSSR count). The van der Waals surface area contributed by atoms with Gasteiger partial charge in [-0.05, 0) is 32.0 Å². The van der Waals surface area contributed by atoms with E-state index in [0.29, 0.717) is 12.1 Å². The zero-order valence-corrected chi connectivity index (χ0v) is 8.54. The molecule has 0 unspecified atom stereocenters. The monoisotopic (exact) mass is 189 g/mol. The summed E-state index contributed by atoms with van der Waals surface area (Å²) >= 11 is 0. The van der Waals surface area contributed by atoms with Gasteiger partial charge in [0, 0.05) is 17.8 Å². The molecule has 1 aromatic rings. The lowest BCUT2D eigenvalue weighted by Crippen LogP contribution is -2.39. The second kappa shape index (κ2) is 4.12. The van der Waals surface area contributed by atoms with E-state index in [0.717, 1.165) is 5.69 Å². The van der Waals surface area contributed by atoms with Crippen molar-refractivity contribution in [3.05, 3.63) is 29.8 Å². The predicted molar refractivity (Wildman–Crippen MR) is 57.9 cm³/mol. The van der Waals surface area contributed by atoms with Crippen LogP contribution in [0, 0.1) is 11.3 Å². The highest BCUT2D eigenvalue weighted by atomic mass is 15.0. The minimum atomic E-state index is -0.145. The summed E-state index contributed by atoms with van der Waals surface area (Å²) in [4.78, 5) is 0. The van der Waals surface area contributed by atoms with E-state index in [-0.39, 0.29) is 5.54 Å². The summed E-state index contributed by atoms with van der Waals surface area (Å²) in [5.74, 6) is 0. The van der Waals surface area contributed by atoms with Crippen LogP contribution in [0.25, 0.3) is 0 Å². The van der Waals surface area contributed by atoms with Crippen molar-refractivity contribution in [1.82, 2.24) is 0 Å². The molecule has 0 heterocycles. The first-order valence-electron chi connectivity index (χ1n) is 4.56. The van der Waals surface area contributed by atoms with Crippen LogP contribution < -0.4 is 11.1 Å². The lowest BCUT2D eigenvalue weighted by atomic mass is 10.1. The summed E-state index contributed by atoms with van der Waals surface area (Å²) in [5, 5.41) is 12.0. The Bertz CT molecular complexity index is 350. The van der Waals surface area contributed by atoms with Crippen LogP contribution in [0.15, 0.2) is 24.3 Å². The standard InChI is InChI=1S/C11H15N3/c1-11(2,8-13)14-10-5-3-4-9(6-10)7-12/h3-6,14H,8,13H2,1-2H3. The van der Waals surface area contributed by atoms with E-state index >= 15 is 0 Å². The Hall–Kier alpha value is -1.53. The maximum atomic E-state index is 8.72. The van der Waals surface area contributed by atoms with E-state index in [2.05, 4.69) is 11.4 Å². The fraction of sp³-hybridized carbons (Fsp3) is 0.364. The SMILES string of the molecule is CC(C)(CN)Nc1cccc(C#N)c1. The zero-order chi connectivity index (χ0) is 10.6. The van der Waals surface area contributed by atoms with E-state index in [9.17, 15) is 0 Å². The fourth-order valence-corrected chi connectivity index (χ4v) is 1.11. The molecule has 0 fully saturated rings. The minimum Gasteiger partial charge on any atom is -0.379 e. The lowest BCUT2D eigenvalue weighted by Gasteiger charge is -2.25. The Morgan fingerprint density at radius 3 is 2.79 bits per heavy atom. The maximum Gasteiger partial charge on any atom is 0.0992 e. The zero-order valence-electron chi connectivity index (χ0n) is 8.54. The molecule has 0 radical (unpaired) electrons. The van der Waals surface area contributed by atoms with Crippen LogP contribution >= 0.6 is 0 Å². The molecule has 0 aliphatic rings. The Labute approximate surface area is 84.5 Å². The number of nitriles is 1. The van der Waals surface area contributed by atoms with Crippen molar-refractivity contribution in [3.63, 3.8) is 0 Å². The van der Waals surface area contributed by atoms with Crippen molar-refractivity contribution in [1.29, 1.82) is 5.26 Å². The Morgan fingerprint density at radius 1 is 1.50 bits per heavy atom. The average Bonchev–Trinajstić information content (AvgIpc) is 2.17. The number of nitrogens with zero attached hydrogens (tertiary/aromatic N) is 1. The van der Waals surface area contributed by atoms with Crippen molar-refractivity contribution >= 4 is 5.69 Å². The van der Waals surface area contributed by atoms with Crippen molar-refractivity contribution < 1.29 is 0 Å². The third-order valence-electron chi connectivity index (χ3n) is 1.98. The second-order valence-electron chi connectivity index (χ2n) is 3.91. The molecule has 0 atom stereocenters. The van der Waals surface area contributed by atoms with Gasteiger partial charge in [-0.1, -0.05) is 6.07 Å². The van der Waals surface area contributed by atoms with E-state index in [1.807, 2.05) is 32.0 Å². The van der Waals surface area contributed by atoms with Crippen LogP contribution in [-0.2, 0) is 0 Å². The first-order chi connectivity index (χ1) is 6.57. The molecular weight excluding hydrogens is 174 g/mol. The summed E-state index contributed by atoms with van der Waals surface area (Å²) in [5.41, 5.74) is 7.04. The molecule has 14 heavy (non-hydrogen) atoms. The third-order valence-corrected chi connectivity index (χ3v) is 1.98. The van der Waals surface area contributed by atoms with Gasteiger partial charge in [0.2, 0.25) is 0 Å². The average molecular weight is 189 g/mol. The highest BCUT2D eigenvalue weighted by molar-refractivity contribution is 5.50. The summed E-state index contributed by atoms with van der Waals surface area (Å²) in [6.45, 7) is 4.59. The Morgan fingerprint density at radius 2 is 2.21 bits per heavy atom. The topological polar surface area (TPSA) is 61.8 Å². The Kier molecular flexibility index (Phi) is 3.10. The van der Waals surface area contributed by atoms with Gasteiger partial charge in [-0.2, -0.15) is 5.26 Å². The largest absolute Gasteiger partial charge is 0.379 e. The van der Waals surface area contributed by atoms with Crippen LogP contribution in [0.3, 0.4) is 0 Å². The van der Waals surface area contributed by atoms with Gasteiger partial charge < -0.3 is 11.1 Å². The van der Waals surface area contributed by atoms with Gasteiger partial charge in [0.05, 0.1) is 11.6 Å². The number of anilines is 1. The molecule has 0 aromatic heterocycles. The third kappa shape index (κ3) is 2.75. The van der Waals surface area contributed by atoms with Crippen LogP contribution in [0.4, 0.5) is 5.69 Å². The molecule has 3 N–H and O–H groups in total. The number of hydrogen-bond acceptors (Lipinski definition) is 3. The molecule has 3 heteroatoms. The molecule has 0 saturated carbocycles. The van der Waals surface area contributed by atoms with E-state index < -0.39 is 0 Å². The Balaban J connectivity index is 2.83.